The Morgan fingerprint density at radius 2 is 1.81 bits per heavy atom. The van der Waals surface area contributed by atoms with Crippen molar-refractivity contribution in [3.8, 4) is 5.75 Å². The summed E-state index contributed by atoms with van der Waals surface area (Å²) in [6, 6.07) is 18.7. The van der Waals surface area contributed by atoms with E-state index in [1.54, 1.807) is 0 Å². The summed E-state index contributed by atoms with van der Waals surface area (Å²) < 4.78 is 5.78. The van der Waals surface area contributed by atoms with E-state index < -0.39 is 0 Å². The first-order valence-corrected chi connectivity index (χ1v) is 7.74. The Hall–Kier alpha value is -1.96. The monoisotopic (exact) mass is 283 g/mol. The zero-order valence-electron chi connectivity index (χ0n) is 13.0. The molecule has 2 nitrogen and oxygen atoms in total. The van der Waals surface area contributed by atoms with Crippen LogP contribution < -0.4 is 10.1 Å². The summed E-state index contributed by atoms with van der Waals surface area (Å²) in [5, 5.41) is 3.45. The molecule has 2 rings (SSSR count). The van der Waals surface area contributed by atoms with Gasteiger partial charge in [0.2, 0.25) is 0 Å². The summed E-state index contributed by atoms with van der Waals surface area (Å²) in [4.78, 5) is 0. The second kappa shape index (κ2) is 8.35. The molecule has 2 heteroatoms. The van der Waals surface area contributed by atoms with E-state index in [2.05, 4.69) is 61.6 Å². The molecule has 0 saturated heterocycles. The minimum Gasteiger partial charge on any atom is -0.494 e. The summed E-state index contributed by atoms with van der Waals surface area (Å²) in [5.74, 6) is 1.62. The molecule has 0 aliphatic heterocycles. The zero-order chi connectivity index (χ0) is 14.9. The first-order chi connectivity index (χ1) is 10.2. The number of hydrogen-bond acceptors (Lipinski definition) is 2. The average molecular weight is 283 g/mol. The van der Waals surface area contributed by atoms with Gasteiger partial charge in [-0.15, -0.1) is 0 Å². The Morgan fingerprint density at radius 1 is 1.00 bits per heavy atom. The predicted octanol–water partition coefficient (Wildman–Crippen LogP) is 4.77. The summed E-state index contributed by atoms with van der Waals surface area (Å²) >= 11 is 0. The van der Waals surface area contributed by atoms with Crippen molar-refractivity contribution < 1.29 is 4.74 Å². The number of ether oxygens (including phenoxy) is 1. The fraction of sp³-hybridized carbons (Fsp3) is 0.368. The van der Waals surface area contributed by atoms with Crippen LogP contribution in [0.25, 0.3) is 0 Å². The SMILES string of the molecule is CC(C)CCOc1cccc(NCCc2ccccc2)c1. The van der Waals surface area contributed by atoms with Crippen LogP contribution in [-0.4, -0.2) is 13.2 Å². The lowest BCUT2D eigenvalue weighted by atomic mass is 10.1. The third-order valence-electron chi connectivity index (χ3n) is 3.38. The maximum absolute atomic E-state index is 5.78. The molecule has 1 N–H and O–H groups in total. The lowest BCUT2D eigenvalue weighted by Crippen LogP contribution is -2.05. The van der Waals surface area contributed by atoms with Gasteiger partial charge in [-0.25, -0.2) is 0 Å². The number of hydrogen-bond donors (Lipinski definition) is 1. The van der Waals surface area contributed by atoms with Crippen LogP contribution in [0.15, 0.2) is 54.6 Å². The van der Waals surface area contributed by atoms with E-state index in [4.69, 9.17) is 4.74 Å². The van der Waals surface area contributed by atoms with Gasteiger partial charge in [-0.05, 0) is 36.5 Å². The molecule has 0 unspecified atom stereocenters. The topological polar surface area (TPSA) is 21.3 Å². The first kappa shape index (κ1) is 15.4. The summed E-state index contributed by atoms with van der Waals surface area (Å²) in [6.45, 7) is 6.14. The smallest absolute Gasteiger partial charge is 0.121 e. The standard InChI is InChI=1S/C19H25NO/c1-16(2)12-14-21-19-10-6-9-18(15-19)20-13-11-17-7-4-3-5-8-17/h3-10,15-16,20H,11-14H2,1-2H3. The molecule has 0 saturated carbocycles. The highest BCUT2D eigenvalue weighted by Gasteiger charge is 1.99. The molecule has 0 heterocycles. The van der Waals surface area contributed by atoms with Crippen molar-refractivity contribution in [3.05, 3.63) is 60.2 Å². The molecule has 21 heavy (non-hydrogen) atoms. The van der Waals surface area contributed by atoms with Crippen molar-refractivity contribution in [3.63, 3.8) is 0 Å². The molecule has 0 aliphatic carbocycles. The molecular weight excluding hydrogens is 258 g/mol. The van der Waals surface area contributed by atoms with Crippen LogP contribution in [-0.2, 0) is 6.42 Å². The minimum absolute atomic E-state index is 0.678. The maximum Gasteiger partial charge on any atom is 0.121 e. The van der Waals surface area contributed by atoms with Crippen molar-refractivity contribution in [2.45, 2.75) is 26.7 Å². The van der Waals surface area contributed by atoms with E-state index in [1.165, 1.54) is 5.56 Å². The molecule has 0 spiro atoms. The highest BCUT2D eigenvalue weighted by Crippen LogP contribution is 2.18. The molecule has 0 aliphatic rings. The molecule has 0 amide bonds. The average Bonchev–Trinajstić information content (AvgIpc) is 2.48. The Morgan fingerprint density at radius 3 is 2.57 bits per heavy atom. The fourth-order valence-electron chi connectivity index (χ4n) is 2.10. The lowest BCUT2D eigenvalue weighted by molar-refractivity contribution is 0.289. The van der Waals surface area contributed by atoms with E-state index in [0.29, 0.717) is 5.92 Å². The Bertz CT molecular complexity index is 522. The van der Waals surface area contributed by atoms with Gasteiger partial charge >= 0.3 is 0 Å². The molecule has 112 valence electrons. The van der Waals surface area contributed by atoms with E-state index in [-0.39, 0.29) is 0 Å². The van der Waals surface area contributed by atoms with Gasteiger partial charge in [0.15, 0.2) is 0 Å². The van der Waals surface area contributed by atoms with Gasteiger partial charge in [0, 0.05) is 18.3 Å². The third kappa shape index (κ3) is 5.90. The summed E-state index contributed by atoms with van der Waals surface area (Å²) in [5.41, 5.74) is 2.47. The van der Waals surface area contributed by atoms with Crippen LogP contribution >= 0.6 is 0 Å². The maximum atomic E-state index is 5.78. The van der Waals surface area contributed by atoms with Crippen LogP contribution in [0, 0.1) is 5.92 Å². The zero-order valence-corrected chi connectivity index (χ0v) is 13.0. The summed E-state index contributed by atoms with van der Waals surface area (Å²) in [7, 11) is 0. The normalized spacial score (nSPS) is 10.6. The third-order valence-corrected chi connectivity index (χ3v) is 3.38. The number of benzene rings is 2. The number of nitrogens with one attached hydrogen (secondary N) is 1. The van der Waals surface area contributed by atoms with Crippen LogP contribution in [0.3, 0.4) is 0 Å². The van der Waals surface area contributed by atoms with E-state index in [9.17, 15) is 0 Å². The molecular formula is C19H25NO. The van der Waals surface area contributed by atoms with Crippen molar-refractivity contribution in [2.24, 2.45) is 5.92 Å². The highest BCUT2D eigenvalue weighted by molar-refractivity contribution is 5.48. The summed E-state index contributed by atoms with van der Waals surface area (Å²) in [6.07, 6.45) is 2.12. The van der Waals surface area contributed by atoms with Gasteiger partial charge in [-0.2, -0.15) is 0 Å². The van der Waals surface area contributed by atoms with Crippen molar-refractivity contribution in [1.29, 1.82) is 0 Å². The second-order valence-electron chi connectivity index (χ2n) is 5.72. The van der Waals surface area contributed by atoms with Crippen LogP contribution in [0.2, 0.25) is 0 Å². The van der Waals surface area contributed by atoms with Crippen molar-refractivity contribution >= 4 is 5.69 Å². The molecule has 2 aromatic rings. The molecule has 0 bridgehead atoms. The van der Waals surface area contributed by atoms with Crippen LogP contribution in [0.1, 0.15) is 25.8 Å². The quantitative estimate of drug-likeness (QED) is 0.753. The fourth-order valence-corrected chi connectivity index (χ4v) is 2.10. The van der Waals surface area contributed by atoms with E-state index in [1.807, 2.05) is 12.1 Å². The highest BCUT2D eigenvalue weighted by atomic mass is 16.5. The van der Waals surface area contributed by atoms with Gasteiger partial charge < -0.3 is 10.1 Å². The van der Waals surface area contributed by atoms with Crippen molar-refractivity contribution in [1.82, 2.24) is 0 Å². The van der Waals surface area contributed by atoms with Gasteiger partial charge in [-0.1, -0.05) is 50.2 Å². The van der Waals surface area contributed by atoms with Gasteiger partial charge in [0.05, 0.1) is 6.61 Å². The Labute approximate surface area is 128 Å². The predicted molar refractivity (Wildman–Crippen MR) is 90.0 cm³/mol. The molecule has 0 radical (unpaired) electrons. The minimum atomic E-state index is 0.678. The molecule has 2 aromatic carbocycles. The molecule has 0 atom stereocenters. The number of anilines is 1. The van der Waals surface area contributed by atoms with Gasteiger partial charge in [-0.3, -0.25) is 0 Å². The van der Waals surface area contributed by atoms with Crippen LogP contribution in [0.4, 0.5) is 5.69 Å². The Balaban J connectivity index is 1.78. The van der Waals surface area contributed by atoms with Crippen LogP contribution in [0.5, 0.6) is 5.75 Å². The van der Waals surface area contributed by atoms with E-state index >= 15 is 0 Å². The molecule has 0 fully saturated rings. The largest absolute Gasteiger partial charge is 0.494 e. The number of rotatable bonds is 8. The van der Waals surface area contributed by atoms with E-state index in [0.717, 1.165) is 37.4 Å². The van der Waals surface area contributed by atoms with Gasteiger partial charge in [0.25, 0.3) is 0 Å². The lowest BCUT2D eigenvalue weighted by Gasteiger charge is -2.11. The second-order valence-corrected chi connectivity index (χ2v) is 5.72. The van der Waals surface area contributed by atoms with Crippen molar-refractivity contribution in [2.75, 3.05) is 18.5 Å². The molecule has 0 aromatic heterocycles. The Kier molecular flexibility index (Phi) is 6.14. The van der Waals surface area contributed by atoms with Gasteiger partial charge in [0.1, 0.15) is 5.75 Å². The first-order valence-electron chi connectivity index (χ1n) is 7.74.